The molecule has 0 atom stereocenters. The van der Waals surface area contributed by atoms with Crippen molar-refractivity contribution < 1.29 is 4.74 Å². The normalized spacial score (nSPS) is 10.5. The summed E-state index contributed by atoms with van der Waals surface area (Å²) < 4.78 is 6.80. The second kappa shape index (κ2) is 4.16. The van der Waals surface area contributed by atoms with E-state index in [4.69, 9.17) is 4.74 Å². The van der Waals surface area contributed by atoms with Crippen molar-refractivity contribution in [3.05, 3.63) is 6.07 Å². The lowest BCUT2D eigenvalue weighted by Crippen LogP contribution is -2.08. The highest BCUT2D eigenvalue weighted by Gasteiger charge is 2.04. The molecular weight excluding hydrogens is 166 g/mol. The van der Waals surface area contributed by atoms with Gasteiger partial charge in [-0.1, -0.05) is 13.8 Å². The van der Waals surface area contributed by atoms with E-state index in [9.17, 15) is 0 Å². The van der Waals surface area contributed by atoms with Gasteiger partial charge in [0.25, 0.3) is 0 Å². The Bertz CT molecular complexity index is 268. The van der Waals surface area contributed by atoms with Gasteiger partial charge in [0.05, 0.1) is 7.11 Å². The van der Waals surface area contributed by atoms with Crippen molar-refractivity contribution in [3.63, 3.8) is 0 Å². The quantitative estimate of drug-likeness (QED) is 0.768. The standard InChI is InChI=1S/C9H17N3O/c1-7(2)6-10-8-5-9(13-4)12(3)11-8/h5,7H,6H2,1-4H3,(H,10,11). The Balaban J connectivity index is 2.57. The first-order valence-corrected chi connectivity index (χ1v) is 4.45. The highest BCUT2D eigenvalue weighted by atomic mass is 16.5. The largest absolute Gasteiger partial charge is 0.481 e. The molecule has 0 aliphatic rings. The van der Waals surface area contributed by atoms with Crippen LogP contribution in [0, 0.1) is 5.92 Å². The van der Waals surface area contributed by atoms with Crippen molar-refractivity contribution in [2.45, 2.75) is 13.8 Å². The summed E-state index contributed by atoms with van der Waals surface area (Å²) in [5, 5.41) is 7.46. The number of nitrogens with one attached hydrogen (secondary N) is 1. The van der Waals surface area contributed by atoms with Gasteiger partial charge in [-0.3, -0.25) is 0 Å². The zero-order valence-corrected chi connectivity index (χ0v) is 8.66. The van der Waals surface area contributed by atoms with Gasteiger partial charge >= 0.3 is 0 Å². The minimum atomic E-state index is 0.619. The van der Waals surface area contributed by atoms with Crippen molar-refractivity contribution in [2.75, 3.05) is 19.0 Å². The van der Waals surface area contributed by atoms with E-state index in [1.165, 1.54) is 0 Å². The molecule has 0 radical (unpaired) electrons. The summed E-state index contributed by atoms with van der Waals surface area (Å²) in [6, 6.07) is 1.89. The van der Waals surface area contributed by atoms with E-state index < -0.39 is 0 Å². The molecule has 0 aromatic carbocycles. The third-order valence-corrected chi connectivity index (χ3v) is 1.74. The fourth-order valence-corrected chi connectivity index (χ4v) is 1.04. The van der Waals surface area contributed by atoms with Crippen LogP contribution in [0.5, 0.6) is 5.88 Å². The minimum Gasteiger partial charge on any atom is -0.481 e. The number of hydrogen-bond donors (Lipinski definition) is 1. The summed E-state index contributed by atoms with van der Waals surface area (Å²) >= 11 is 0. The topological polar surface area (TPSA) is 39.1 Å². The molecular formula is C9H17N3O. The number of rotatable bonds is 4. The van der Waals surface area contributed by atoms with E-state index in [0.717, 1.165) is 18.2 Å². The van der Waals surface area contributed by atoms with Crippen LogP contribution in [0.3, 0.4) is 0 Å². The zero-order chi connectivity index (χ0) is 9.84. The fourth-order valence-electron chi connectivity index (χ4n) is 1.04. The fraction of sp³-hybridized carbons (Fsp3) is 0.667. The lowest BCUT2D eigenvalue weighted by atomic mass is 10.2. The number of aromatic nitrogens is 2. The van der Waals surface area contributed by atoms with Gasteiger partial charge in [-0.05, 0) is 5.92 Å². The second-order valence-electron chi connectivity index (χ2n) is 3.47. The van der Waals surface area contributed by atoms with Crippen molar-refractivity contribution in [2.24, 2.45) is 13.0 Å². The molecule has 0 saturated carbocycles. The number of ether oxygens (including phenoxy) is 1. The van der Waals surface area contributed by atoms with E-state index in [1.807, 2.05) is 13.1 Å². The first kappa shape index (κ1) is 9.89. The number of hydrogen-bond acceptors (Lipinski definition) is 3. The van der Waals surface area contributed by atoms with Gasteiger partial charge in [0.1, 0.15) is 0 Å². The Morgan fingerprint density at radius 3 is 2.77 bits per heavy atom. The highest BCUT2D eigenvalue weighted by Crippen LogP contribution is 2.15. The van der Waals surface area contributed by atoms with Crippen molar-refractivity contribution in [3.8, 4) is 5.88 Å². The van der Waals surface area contributed by atoms with Gasteiger partial charge in [-0.15, -0.1) is 0 Å². The van der Waals surface area contributed by atoms with Crippen LogP contribution < -0.4 is 10.1 Å². The maximum atomic E-state index is 5.09. The Labute approximate surface area is 78.9 Å². The van der Waals surface area contributed by atoms with Crippen LogP contribution in [0.25, 0.3) is 0 Å². The Hall–Kier alpha value is -1.19. The molecule has 0 aliphatic heterocycles. The van der Waals surface area contributed by atoms with Gasteiger partial charge in [0.15, 0.2) is 5.82 Å². The molecule has 1 N–H and O–H groups in total. The van der Waals surface area contributed by atoms with Crippen molar-refractivity contribution >= 4 is 5.82 Å². The molecule has 1 aromatic rings. The smallest absolute Gasteiger partial charge is 0.213 e. The van der Waals surface area contributed by atoms with E-state index in [0.29, 0.717) is 5.92 Å². The number of methoxy groups -OCH3 is 1. The molecule has 0 saturated heterocycles. The molecule has 74 valence electrons. The molecule has 0 amide bonds. The Morgan fingerprint density at radius 1 is 1.62 bits per heavy atom. The molecule has 0 bridgehead atoms. The maximum absolute atomic E-state index is 5.09. The number of nitrogens with zero attached hydrogens (tertiary/aromatic N) is 2. The third-order valence-electron chi connectivity index (χ3n) is 1.74. The van der Waals surface area contributed by atoms with Crippen LogP contribution in [-0.2, 0) is 7.05 Å². The average molecular weight is 183 g/mol. The molecule has 0 unspecified atom stereocenters. The first-order valence-electron chi connectivity index (χ1n) is 4.45. The third kappa shape index (κ3) is 2.65. The molecule has 1 aromatic heterocycles. The molecule has 4 nitrogen and oxygen atoms in total. The van der Waals surface area contributed by atoms with Crippen LogP contribution in [0.15, 0.2) is 6.07 Å². The van der Waals surface area contributed by atoms with E-state index in [2.05, 4.69) is 24.3 Å². The van der Waals surface area contributed by atoms with Crippen LogP contribution >= 0.6 is 0 Å². The van der Waals surface area contributed by atoms with Gasteiger partial charge in [-0.25, -0.2) is 4.68 Å². The molecule has 13 heavy (non-hydrogen) atoms. The predicted octanol–water partition coefficient (Wildman–Crippen LogP) is 1.50. The molecule has 1 heterocycles. The van der Waals surface area contributed by atoms with E-state index >= 15 is 0 Å². The van der Waals surface area contributed by atoms with Gasteiger partial charge in [0, 0.05) is 19.7 Å². The Kier molecular flexibility index (Phi) is 3.17. The van der Waals surface area contributed by atoms with E-state index in [1.54, 1.807) is 11.8 Å². The van der Waals surface area contributed by atoms with Gasteiger partial charge in [0.2, 0.25) is 5.88 Å². The first-order chi connectivity index (χ1) is 6.13. The monoisotopic (exact) mass is 183 g/mol. The maximum Gasteiger partial charge on any atom is 0.213 e. The SMILES string of the molecule is COc1cc(NCC(C)C)nn1C. The highest BCUT2D eigenvalue weighted by molar-refractivity contribution is 5.38. The summed E-state index contributed by atoms with van der Waals surface area (Å²) in [4.78, 5) is 0. The number of aryl methyl sites for hydroxylation is 1. The minimum absolute atomic E-state index is 0.619. The van der Waals surface area contributed by atoms with Crippen molar-refractivity contribution in [1.29, 1.82) is 0 Å². The molecule has 0 fully saturated rings. The predicted molar refractivity (Wildman–Crippen MR) is 53.1 cm³/mol. The lowest BCUT2D eigenvalue weighted by molar-refractivity contribution is 0.373. The summed E-state index contributed by atoms with van der Waals surface area (Å²) in [5.41, 5.74) is 0. The van der Waals surface area contributed by atoms with Crippen LogP contribution in [-0.4, -0.2) is 23.4 Å². The van der Waals surface area contributed by atoms with E-state index in [-0.39, 0.29) is 0 Å². The molecule has 4 heteroatoms. The van der Waals surface area contributed by atoms with Crippen LogP contribution in [0.4, 0.5) is 5.82 Å². The summed E-state index contributed by atoms with van der Waals surface area (Å²) in [5.74, 6) is 2.26. The summed E-state index contributed by atoms with van der Waals surface area (Å²) in [6.07, 6.45) is 0. The molecule has 0 spiro atoms. The zero-order valence-electron chi connectivity index (χ0n) is 8.66. The van der Waals surface area contributed by atoms with Crippen LogP contribution in [0.2, 0.25) is 0 Å². The summed E-state index contributed by atoms with van der Waals surface area (Å²) in [6.45, 7) is 5.25. The number of anilines is 1. The average Bonchev–Trinajstić information content (AvgIpc) is 2.43. The van der Waals surface area contributed by atoms with Crippen molar-refractivity contribution in [1.82, 2.24) is 9.78 Å². The Morgan fingerprint density at radius 2 is 2.31 bits per heavy atom. The van der Waals surface area contributed by atoms with Gasteiger partial charge in [-0.2, -0.15) is 5.10 Å². The molecule has 1 rings (SSSR count). The molecule has 0 aliphatic carbocycles. The van der Waals surface area contributed by atoms with Crippen LogP contribution in [0.1, 0.15) is 13.8 Å². The lowest BCUT2D eigenvalue weighted by Gasteiger charge is -2.04. The second-order valence-corrected chi connectivity index (χ2v) is 3.47. The van der Waals surface area contributed by atoms with Gasteiger partial charge < -0.3 is 10.1 Å². The summed E-state index contributed by atoms with van der Waals surface area (Å²) in [7, 11) is 3.50.